The highest BCUT2D eigenvalue weighted by Gasteiger charge is 2.38. The number of halogens is 3. The van der Waals surface area contributed by atoms with Crippen LogP contribution in [0, 0.1) is 11.3 Å². The Hall–Kier alpha value is -3.28. The molecule has 0 aliphatic heterocycles. The van der Waals surface area contributed by atoms with Gasteiger partial charge in [-0.05, 0) is 17.7 Å². The van der Waals surface area contributed by atoms with E-state index < -0.39 is 23.7 Å². The van der Waals surface area contributed by atoms with Crippen molar-refractivity contribution in [3.05, 3.63) is 47.0 Å². The van der Waals surface area contributed by atoms with Crippen molar-refractivity contribution in [2.24, 2.45) is 0 Å². The van der Waals surface area contributed by atoms with E-state index in [1.807, 2.05) is 0 Å². The van der Waals surface area contributed by atoms with Gasteiger partial charge in [0.25, 0.3) is 5.91 Å². The minimum Gasteiger partial charge on any atom is -0.339 e. The Bertz CT molecular complexity index is 916. The second-order valence-electron chi connectivity index (χ2n) is 4.88. The summed E-state index contributed by atoms with van der Waals surface area (Å²) in [6.45, 7) is -0.204. The number of nitrogens with one attached hydrogen (secondary N) is 1. The SMILES string of the molecule is N#CCNC(=O)c1ccc2c(c1)C(=O)c1nc(C(F)(F)F)ncc1-2. The van der Waals surface area contributed by atoms with E-state index >= 15 is 0 Å². The molecule has 1 aliphatic carbocycles. The average Bonchev–Trinajstić information content (AvgIpc) is 2.84. The van der Waals surface area contributed by atoms with Gasteiger partial charge in [0, 0.05) is 22.9 Å². The molecule has 0 spiro atoms. The first-order valence-corrected chi connectivity index (χ1v) is 6.61. The highest BCUT2D eigenvalue weighted by molar-refractivity contribution is 6.21. The number of alkyl halides is 3. The zero-order valence-electron chi connectivity index (χ0n) is 11.8. The minimum atomic E-state index is -4.76. The quantitative estimate of drug-likeness (QED) is 0.724. The second kappa shape index (κ2) is 5.42. The molecular weight excluding hydrogens is 325 g/mol. The summed E-state index contributed by atoms with van der Waals surface area (Å²) in [6.07, 6.45) is -3.81. The zero-order valence-corrected chi connectivity index (χ0v) is 11.8. The lowest BCUT2D eigenvalue weighted by Crippen LogP contribution is -2.23. The Balaban J connectivity index is 2.02. The van der Waals surface area contributed by atoms with Crippen molar-refractivity contribution in [3.63, 3.8) is 0 Å². The third kappa shape index (κ3) is 2.48. The van der Waals surface area contributed by atoms with Crippen LogP contribution < -0.4 is 5.32 Å². The van der Waals surface area contributed by atoms with Gasteiger partial charge < -0.3 is 5.32 Å². The van der Waals surface area contributed by atoms with Crippen LogP contribution in [0.15, 0.2) is 24.4 Å². The molecule has 120 valence electrons. The van der Waals surface area contributed by atoms with Crippen LogP contribution in [0.5, 0.6) is 0 Å². The molecule has 0 saturated heterocycles. The van der Waals surface area contributed by atoms with E-state index in [1.54, 1.807) is 6.07 Å². The van der Waals surface area contributed by atoms with E-state index in [0.717, 1.165) is 6.20 Å². The topological polar surface area (TPSA) is 95.7 Å². The molecule has 1 aromatic carbocycles. The van der Waals surface area contributed by atoms with Gasteiger partial charge in [0.05, 0.1) is 6.07 Å². The summed E-state index contributed by atoms with van der Waals surface area (Å²) in [4.78, 5) is 30.7. The number of carbonyl (C=O) groups is 2. The summed E-state index contributed by atoms with van der Waals surface area (Å²) in [7, 11) is 0. The Morgan fingerprint density at radius 1 is 1.25 bits per heavy atom. The van der Waals surface area contributed by atoms with Gasteiger partial charge in [-0.15, -0.1) is 0 Å². The molecule has 1 heterocycles. The number of hydrogen-bond donors (Lipinski definition) is 1. The Labute approximate surface area is 133 Å². The molecular formula is C15H7F3N4O2. The maximum atomic E-state index is 12.7. The Kier molecular flexibility index (Phi) is 3.52. The number of carbonyl (C=O) groups excluding carboxylic acids is 2. The largest absolute Gasteiger partial charge is 0.451 e. The van der Waals surface area contributed by atoms with Gasteiger partial charge >= 0.3 is 6.18 Å². The molecule has 0 saturated carbocycles. The predicted octanol–water partition coefficient (Wildman–Crippen LogP) is 1.96. The van der Waals surface area contributed by atoms with Crippen molar-refractivity contribution in [1.82, 2.24) is 15.3 Å². The Morgan fingerprint density at radius 2 is 2.00 bits per heavy atom. The molecule has 3 rings (SSSR count). The highest BCUT2D eigenvalue weighted by atomic mass is 19.4. The van der Waals surface area contributed by atoms with Crippen molar-refractivity contribution >= 4 is 11.7 Å². The van der Waals surface area contributed by atoms with Crippen molar-refractivity contribution in [3.8, 4) is 17.2 Å². The second-order valence-corrected chi connectivity index (χ2v) is 4.88. The minimum absolute atomic E-state index is 0.0724. The van der Waals surface area contributed by atoms with Crippen molar-refractivity contribution < 1.29 is 22.8 Å². The molecule has 0 radical (unpaired) electrons. The van der Waals surface area contributed by atoms with Crippen LogP contribution >= 0.6 is 0 Å². The molecule has 1 aliphatic rings. The normalized spacial score (nSPS) is 12.3. The number of nitrogens with zero attached hydrogens (tertiary/aromatic N) is 3. The summed E-state index contributed by atoms with van der Waals surface area (Å²) >= 11 is 0. The molecule has 2 aromatic rings. The maximum Gasteiger partial charge on any atom is 0.451 e. The smallest absolute Gasteiger partial charge is 0.339 e. The summed E-state index contributed by atoms with van der Waals surface area (Å²) in [5, 5.41) is 10.8. The van der Waals surface area contributed by atoms with Gasteiger partial charge in [-0.2, -0.15) is 18.4 Å². The molecule has 1 amide bonds. The van der Waals surface area contributed by atoms with E-state index in [0.29, 0.717) is 5.56 Å². The summed E-state index contributed by atoms with van der Waals surface area (Å²) in [5.41, 5.74) is 0.395. The number of benzene rings is 1. The lowest BCUT2D eigenvalue weighted by Gasteiger charge is -2.05. The first-order valence-electron chi connectivity index (χ1n) is 6.61. The number of rotatable bonds is 2. The van der Waals surface area contributed by atoms with Gasteiger partial charge in [0.2, 0.25) is 11.6 Å². The third-order valence-electron chi connectivity index (χ3n) is 3.40. The van der Waals surface area contributed by atoms with Crippen LogP contribution in [-0.4, -0.2) is 28.2 Å². The van der Waals surface area contributed by atoms with E-state index in [-0.39, 0.29) is 28.9 Å². The molecule has 1 aromatic heterocycles. The van der Waals surface area contributed by atoms with Gasteiger partial charge in [0.1, 0.15) is 12.2 Å². The fourth-order valence-corrected chi connectivity index (χ4v) is 2.35. The summed E-state index contributed by atoms with van der Waals surface area (Å²) < 4.78 is 38.1. The number of fused-ring (bicyclic) bond motifs is 3. The van der Waals surface area contributed by atoms with Crippen molar-refractivity contribution in [2.75, 3.05) is 6.54 Å². The first-order chi connectivity index (χ1) is 11.3. The van der Waals surface area contributed by atoms with Crippen LogP contribution in [-0.2, 0) is 6.18 Å². The molecule has 0 atom stereocenters. The van der Waals surface area contributed by atoms with Gasteiger partial charge in [-0.1, -0.05) is 6.07 Å². The number of aromatic nitrogens is 2. The van der Waals surface area contributed by atoms with E-state index in [9.17, 15) is 22.8 Å². The fourth-order valence-electron chi connectivity index (χ4n) is 2.35. The monoisotopic (exact) mass is 332 g/mol. The van der Waals surface area contributed by atoms with Crippen LogP contribution in [0.4, 0.5) is 13.2 Å². The van der Waals surface area contributed by atoms with E-state index in [2.05, 4.69) is 15.3 Å². The molecule has 6 nitrogen and oxygen atoms in total. The number of hydrogen-bond acceptors (Lipinski definition) is 5. The van der Waals surface area contributed by atoms with E-state index in [1.165, 1.54) is 18.2 Å². The molecule has 0 unspecified atom stereocenters. The van der Waals surface area contributed by atoms with Gasteiger partial charge in [-0.25, -0.2) is 9.97 Å². The first kappa shape index (κ1) is 15.6. The van der Waals surface area contributed by atoms with Gasteiger partial charge in [-0.3, -0.25) is 9.59 Å². The molecule has 24 heavy (non-hydrogen) atoms. The Morgan fingerprint density at radius 3 is 2.67 bits per heavy atom. The lowest BCUT2D eigenvalue weighted by atomic mass is 10.0. The molecule has 9 heteroatoms. The van der Waals surface area contributed by atoms with Crippen LogP contribution in [0.25, 0.3) is 11.1 Å². The van der Waals surface area contributed by atoms with Gasteiger partial charge in [0.15, 0.2) is 0 Å². The number of nitriles is 1. The zero-order chi connectivity index (χ0) is 17.5. The van der Waals surface area contributed by atoms with Crippen LogP contribution in [0.3, 0.4) is 0 Å². The third-order valence-corrected chi connectivity index (χ3v) is 3.40. The fraction of sp³-hybridized carbons (Fsp3) is 0.133. The standard InChI is InChI=1S/C15H7F3N4O2/c16-15(17,18)14-21-6-10-8-2-1-7(13(24)20-4-3-19)5-9(8)12(23)11(10)22-14/h1-2,5-6H,4H2,(H,20,24). The summed E-state index contributed by atoms with van der Waals surface area (Å²) in [6, 6.07) is 5.85. The lowest BCUT2D eigenvalue weighted by molar-refractivity contribution is -0.145. The van der Waals surface area contributed by atoms with Crippen molar-refractivity contribution in [2.45, 2.75) is 6.18 Å². The molecule has 1 N–H and O–H groups in total. The predicted molar refractivity (Wildman–Crippen MR) is 73.8 cm³/mol. The van der Waals surface area contributed by atoms with E-state index in [4.69, 9.17) is 5.26 Å². The van der Waals surface area contributed by atoms with Crippen LogP contribution in [0.1, 0.15) is 32.2 Å². The molecule has 0 bridgehead atoms. The highest BCUT2D eigenvalue weighted by Crippen LogP contribution is 2.37. The molecule has 0 fully saturated rings. The van der Waals surface area contributed by atoms with Crippen molar-refractivity contribution in [1.29, 1.82) is 5.26 Å². The average molecular weight is 332 g/mol. The number of ketones is 1. The maximum absolute atomic E-state index is 12.7. The summed E-state index contributed by atoms with van der Waals surface area (Å²) in [5.74, 6) is -2.66. The van der Waals surface area contributed by atoms with Crippen LogP contribution in [0.2, 0.25) is 0 Å². The number of amides is 1.